The maximum Gasteiger partial charge on any atom is 0.239 e. The van der Waals surface area contributed by atoms with Crippen LogP contribution in [0.5, 0.6) is 0 Å². The largest absolute Gasteiger partial charge is 0.475 e. The van der Waals surface area contributed by atoms with Gasteiger partial charge in [-0.1, -0.05) is 5.16 Å². The van der Waals surface area contributed by atoms with Crippen LogP contribution in [0.3, 0.4) is 0 Å². The third kappa shape index (κ3) is 3.78. The van der Waals surface area contributed by atoms with E-state index in [0.29, 0.717) is 0 Å². The minimum Gasteiger partial charge on any atom is -0.475 e. The maximum atomic E-state index is 8.16. The topological polar surface area (TPSA) is 67.8 Å². The van der Waals surface area contributed by atoms with Gasteiger partial charge in [-0.25, -0.2) is 0 Å². The molecule has 9 heavy (non-hydrogen) atoms. The molecule has 0 aromatic rings. The van der Waals surface area contributed by atoms with Gasteiger partial charge in [0.05, 0.1) is 12.6 Å². The fourth-order valence-electron chi connectivity index (χ4n) is 0.385. The van der Waals surface area contributed by atoms with Crippen molar-refractivity contribution >= 4 is 5.90 Å². The molecular weight excluding hydrogens is 120 g/mol. The van der Waals surface area contributed by atoms with Crippen molar-refractivity contribution in [1.29, 1.82) is 0 Å². The Balaban J connectivity index is 3.58. The molecule has 4 heteroatoms. The van der Waals surface area contributed by atoms with Crippen LogP contribution in [0.15, 0.2) is 5.16 Å². The lowest BCUT2D eigenvalue weighted by atomic mass is 10.5. The van der Waals surface area contributed by atoms with Crippen molar-refractivity contribution < 1.29 is 9.94 Å². The molecule has 0 saturated heterocycles. The minimum absolute atomic E-state index is 0.0134. The molecule has 0 bridgehead atoms. The highest BCUT2D eigenvalue weighted by Crippen LogP contribution is 1.88. The average molecular weight is 132 g/mol. The quantitative estimate of drug-likeness (QED) is 0.243. The van der Waals surface area contributed by atoms with Crippen LogP contribution >= 0.6 is 0 Å². The van der Waals surface area contributed by atoms with Crippen molar-refractivity contribution in [2.75, 3.05) is 6.54 Å². The number of hydrogen-bond donors (Lipinski definition) is 2. The lowest BCUT2D eigenvalue weighted by Crippen LogP contribution is -2.20. The number of nitrogens with two attached hydrogens (primary N) is 1. The third-order valence-electron chi connectivity index (χ3n) is 0.658. The smallest absolute Gasteiger partial charge is 0.239 e. The summed E-state index contributed by atoms with van der Waals surface area (Å²) < 4.78 is 4.92. The lowest BCUT2D eigenvalue weighted by Gasteiger charge is -2.07. The van der Waals surface area contributed by atoms with Crippen molar-refractivity contribution in [2.24, 2.45) is 10.9 Å². The summed E-state index contributed by atoms with van der Waals surface area (Å²) in [6, 6.07) is 0. The van der Waals surface area contributed by atoms with E-state index >= 15 is 0 Å². The molecule has 0 aliphatic carbocycles. The average Bonchev–Trinajstić information content (AvgIpc) is 1.82. The second kappa shape index (κ2) is 4.14. The molecule has 4 nitrogen and oxygen atoms in total. The van der Waals surface area contributed by atoms with Gasteiger partial charge in [0.1, 0.15) is 0 Å². The van der Waals surface area contributed by atoms with E-state index in [-0.39, 0.29) is 18.5 Å². The van der Waals surface area contributed by atoms with Crippen molar-refractivity contribution in [3.05, 3.63) is 0 Å². The number of ether oxygens (including phenoxy) is 1. The molecule has 0 fully saturated rings. The predicted molar refractivity (Wildman–Crippen MR) is 34.5 cm³/mol. The molecule has 0 amide bonds. The minimum atomic E-state index is 0.0134. The Morgan fingerprint density at radius 1 is 1.78 bits per heavy atom. The number of hydrogen-bond acceptors (Lipinski definition) is 4. The summed E-state index contributed by atoms with van der Waals surface area (Å²) >= 11 is 0. The Bertz CT molecular complexity index is 101. The Kier molecular flexibility index (Phi) is 3.79. The van der Waals surface area contributed by atoms with E-state index in [2.05, 4.69) is 5.16 Å². The first kappa shape index (κ1) is 8.23. The highest BCUT2D eigenvalue weighted by Gasteiger charge is 1.98. The zero-order chi connectivity index (χ0) is 7.28. The van der Waals surface area contributed by atoms with Crippen molar-refractivity contribution in [3.8, 4) is 0 Å². The van der Waals surface area contributed by atoms with Gasteiger partial charge in [0.25, 0.3) is 0 Å². The predicted octanol–water partition coefficient (Wildman–Crippen LogP) is 0.158. The van der Waals surface area contributed by atoms with E-state index < -0.39 is 0 Å². The van der Waals surface area contributed by atoms with E-state index in [4.69, 9.17) is 15.7 Å². The Morgan fingerprint density at radius 2 is 2.33 bits per heavy atom. The fourth-order valence-corrected chi connectivity index (χ4v) is 0.385. The summed E-state index contributed by atoms with van der Waals surface area (Å²) in [7, 11) is 0. The molecule has 0 aliphatic heterocycles. The molecule has 0 aromatic heterocycles. The summed E-state index contributed by atoms with van der Waals surface area (Å²) in [6.07, 6.45) is 0.0134. The summed E-state index contributed by atoms with van der Waals surface area (Å²) in [5, 5.41) is 11.0. The molecule has 0 rings (SSSR count). The highest BCUT2D eigenvalue weighted by molar-refractivity contribution is 5.77. The van der Waals surface area contributed by atoms with Crippen molar-refractivity contribution in [3.63, 3.8) is 0 Å². The van der Waals surface area contributed by atoms with Crippen LogP contribution < -0.4 is 5.73 Å². The SMILES string of the molecule is CC(C)O/C(CN)=N\O. The summed E-state index contributed by atoms with van der Waals surface area (Å²) in [5.41, 5.74) is 5.12. The molecule has 0 atom stereocenters. The van der Waals surface area contributed by atoms with Gasteiger partial charge in [-0.05, 0) is 13.8 Å². The first-order valence-electron chi connectivity index (χ1n) is 2.78. The number of rotatable bonds is 2. The summed E-state index contributed by atoms with van der Waals surface area (Å²) in [4.78, 5) is 0. The molecule has 0 unspecified atom stereocenters. The first-order valence-corrected chi connectivity index (χ1v) is 2.78. The van der Waals surface area contributed by atoms with Gasteiger partial charge in [0.15, 0.2) is 0 Å². The van der Waals surface area contributed by atoms with Gasteiger partial charge >= 0.3 is 0 Å². The van der Waals surface area contributed by atoms with Crippen LogP contribution in [-0.2, 0) is 4.74 Å². The first-order chi connectivity index (χ1) is 4.20. The standard InChI is InChI=1S/C5H12N2O2/c1-4(2)9-5(3-6)7-8/h4,8H,3,6H2,1-2H3/b7-5-. The van der Waals surface area contributed by atoms with Gasteiger partial charge in [-0.3, -0.25) is 0 Å². The molecule has 0 aromatic carbocycles. The molecule has 0 aliphatic rings. The molecule has 0 radical (unpaired) electrons. The Hall–Kier alpha value is -0.770. The van der Waals surface area contributed by atoms with Crippen LogP contribution in [0.25, 0.3) is 0 Å². The molecule has 54 valence electrons. The number of oxime groups is 1. The van der Waals surface area contributed by atoms with Crippen LogP contribution in [0.1, 0.15) is 13.8 Å². The normalized spacial score (nSPS) is 12.2. The zero-order valence-corrected chi connectivity index (χ0v) is 5.66. The van der Waals surface area contributed by atoms with Gasteiger partial charge in [-0.15, -0.1) is 0 Å². The molecular formula is C5H12N2O2. The van der Waals surface area contributed by atoms with E-state index in [0.717, 1.165) is 0 Å². The molecule has 0 spiro atoms. The maximum absolute atomic E-state index is 8.16. The van der Waals surface area contributed by atoms with E-state index in [9.17, 15) is 0 Å². The Morgan fingerprint density at radius 3 is 2.44 bits per heavy atom. The monoisotopic (exact) mass is 132 g/mol. The lowest BCUT2D eigenvalue weighted by molar-refractivity contribution is 0.201. The Labute approximate surface area is 54.3 Å². The van der Waals surface area contributed by atoms with Gasteiger partial charge in [0.2, 0.25) is 5.90 Å². The fraction of sp³-hybridized carbons (Fsp3) is 0.800. The second-order valence-corrected chi connectivity index (χ2v) is 1.86. The zero-order valence-electron chi connectivity index (χ0n) is 5.66. The van der Waals surface area contributed by atoms with Gasteiger partial charge < -0.3 is 15.7 Å². The molecule has 0 saturated carbocycles. The van der Waals surface area contributed by atoms with Crippen LogP contribution in [0, 0.1) is 0 Å². The summed E-state index contributed by atoms with van der Waals surface area (Å²) in [6.45, 7) is 3.80. The second-order valence-electron chi connectivity index (χ2n) is 1.86. The van der Waals surface area contributed by atoms with E-state index in [1.165, 1.54) is 0 Å². The van der Waals surface area contributed by atoms with Gasteiger partial charge in [0, 0.05) is 0 Å². The van der Waals surface area contributed by atoms with Crippen molar-refractivity contribution in [1.82, 2.24) is 0 Å². The third-order valence-corrected chi connectivity index (χ3v) is 0.658. The molecule has 0 heterocycles. The van der Waals surface area contributed by atoms with Crippen molar-refractivity contribution in [2.45, 2.75) is 20.0 Å². The van der Waals surface area contributed by atoms with E-state index in [1.54, 1.807) is 0 Å². The van der Waals surface area contributed by atoms with Gasteiger partial charge in [-0.2, -0.15) is 0 Å². The van der Waals surface area contributed by atoms with E-state index in [1.807, 2.05) is 13.8 Å². The summed E-state index contributed by atoms with van der Waals surface area (Å²) in [5.74, 6) is 0.171. The van der Waals surface area contributed by atoms with Crippen LogP contribution in [0.4, 0.5) is 0 Å². The van der Waals surface area contributed by atoms with Crippen LogP contribution in [0.2, 0.25) is 0 Å². The van der Waals surface area contributed by atoms with Crippen LogP contribution in [-0.4, -0.2) is 23.8 Å². The highest BCUT2D eigenvalue weighted by atomic mass is 16.5. The number of nitrogens with zero attached hydrogens (tertiary/aromatic N) is 1. The molecule has 3 N–H and O–H groups in total.